The minimum atomic E-state index is 0.308. The van der Waals surface area contributed by atoms with E-state index in [1.807, 2.05) is 18.2 Å². The van der Waals surface area contributed by atoms with Crippen molar-refractivity contribution in [2.24, 2.45) is 0 Å². The fraction of sp³-hybridized carbons (Fsp3) is 0.533. The number of hydrogen-bond acceptors (Lipinski definition) is 2. The second-order valence-corrected chi connectivity index (χ2v) is 5.51. The Balaban J connectivity index is 1.96. The maximum absolute atomic E-state index is 5.61. The minimum Gasteiger partial charge on any atom is -0.376 e. The van der Waals surface area contributed by atoms with Crippen LogP contribution in [0.25, 0.3) is 0 Å². The molecule has 1 aliphatic heterocycles. The van der Waals surface area contributed by atoms with Gasteiger partial charge in [0.15, 0.2) is 5.11 Å². The van der Waals surface area contributed by atoms with Crippen molar-refractivity contribution < 1.29 is 4.74 Å². The molecule has 1 heterocycles. The maximum Gasteiger partial charge on any atom is 0.173 e. The first kappa shape index (κ1) is 14.3. The second-order valence-electron chi connectivity index (χ2n) is 5.12. The highest BCUT2D eigenvalue weighted by Crippen LogP contribution is 2.17. The van der Waals surface area contributed by atoms with Crippen LogP contribution < -0.4 is 10.2 Å². The van der Waals surface area contributed by atoms with Gasteiger partial charge in [0.25, 0.3) is 0 Å². The van der Waals surface area contributed by atoms with Crippen LogP contribution in [-0.4, -0.2) is 30.4 Å². The molecule has 1 unspecified atom stereocenters. The standard InChI is InChI=1S/C15H22N2OS/c1-12(2)17(13-7-4-3-5-8-13)15(19)16-11-14-9-6-10-18-14/h3-5,7-8,12,14H,6,9-11H2,1-2H3,(H,16,19). The summed E-state index contributed by atoms with van der Waals surface area (Å²) in [5.41, 5.74) is 1.13. The molecule has 0 spiro atoms. The Morgan fingerprint density at radius 3 is 2.74 bits per heavy atom. The minimum absolute atomic E-state index is 0.308. The zero-order valence-corrected chi connectivity index (χ0v) is 12.5. The number of hydrogen-bond donors (Lipinski definition) is 1. The molecule has 2 rings (SSSR count). The second kappa shape index (κ2) is 6.87. The third-order valence-corrected chi connectivity index (χ3v) is 3.62. The van der Waals surface area contributed by atoms with Crippen LogP contribution in [0.5, 0.6) is 0 Å². The number of nitrogens with one attached hydrogen (secondary N) is 1. The molecular weight excluding hydrogens is 256 g/mol. The summed E-state index contributed by atoms with van der Waals surface area (Å²) in [5, 5.41) is 4.11. The molecule has 0 aliphatic carbocycles. The third-order valence-electron chi connectivity index (χ3n) is 3.27. The van der Waals surface area contributed by atoms with E-state index in [2.05, 4.69) is 36.2 Å². The number of rotatable bonds is 4. The lowest BCUT2D eigenvalue weighted by Crippen LogP contribution is -2.46. The van der Waals surface area contributed by atoms with Crippen molar-refractivity contribution in [2.75, 3.05) is 18.1 Å². The number of anilines is 1. The van der Waals surface area contributed by atoms with Gasteiger partial charge in [0.1, 0.15) is 0 Å². The molecule has 1 aliphatic rings. The monoisotopic (exact) mass is 278 g/mol. The largest absolute Gasteiger partial charge is 0.376 e. The summed E-state index contributed by atoms with van der Waals surface area (Å²) in [7, 11) is 0. The first-order chi connectivity index (χ1) is 9.18. The highest BCUT2D eigenvalue weighted by molar-refractivity contribution is 7.80. The molecule has 1 aromatic carbocycles. The zero-order valence-electron chi connectivity index (χ0n) is 11.6. The Hall–Kier alpha value is -1.13. The van der Waals surface area contributed by atoms with E-state index in [0.29, 0.717) is 12.1 Å². The average Bonchev–Trinajstić information content (AvgIpc) is 2.90. The number of ether oxygens (including phenoxy) is 1. The lowest BCUT2D eigenvalue weighted by molar-refractivity contribution is 0.114. The fourth-order valence-corrected chi connectivity index (χ4v) is 2.73. The highest BCUT2D eigenvalue weighted by Gasteiger charge is 2.19. The van der Waals surface area contributed by atoms with Gasteiger partial charge >= 0.3 is 0 Å². The van der Waals surface area contributed by atoms with Gasteiger partial charge in [-0.2, -0.15) is 0 Å². The van der Waals surface area contributed by atoms with Gasteiger partial charge < -0.3 is 15.0 Å². The van der Waals surface area contributed by atoms with Crippen LogP contribution in [0.4, 0.5) is 5.69 Å². The quantitative estimate of drug-likeness (QED) is 0.856. The summed E-state index contributed by atoms with van der Waals surface area (Å²) in [5.74, 6) is 0. The van der Waals surface area contributed by atoms with E-state index in [-0.39, 0.29) is 0 Å². The Kier molecular flexibility index (Phi) is 5.16. The van der Waals surface area contributed by atoms with Gasteiger partial charge in [0.2, 0.25) is 0 Å². The molecule has 1 N–H and O–H groups in total. The number of benzene rings is 1. The van der Waals surface area contributed by atoms with Crippen LogP contribution in [0.2, 0.25) is 0 Å². The molecule has 0 aromatic heterocycles. The van der Waals surface area contributed by atoms with E-state index in [9.17, 15) is 0 Å². The summed E-state index contributed by atoms with van der Waals surface area (Å²) >= 11 is 5.53. The van der Waals surface area contributed by atoms with Crippen molar-refractivity contribution in [3.8, 4) is 0 Å². The molecule has 3 nitrogen and oxygen atoms in total. The number of thiocarbonyl (C=S) groups is 1. The molecular formula is C15H22N2OS. The molecule has 4 heteroatoms. The van der Waals surface area contributed by atoms with Gasteiger partial charge in [-0.1, -0.05) is 18.2 Å². The van der Waals surface area contributed by atoms with E-state index in [1.54, 1.807) is 0 Å². The van der Waals surface area contributed by atoms with Gasteiger partial charge in [-0.3, -0.25) is 0 Å². The van der Waals surface area contributed by atoms with Crippen molar-refractivity contribution >= 4 is 23.0 Å². The van der Waals surface area contributed by atoms with Crippen LogP contribution >= 0.6 is 12.2 Å². The van der Waals surface area contributed by atoms with E-state index < -0.39 is 0 Å². The molecule has 0 radical (unpaired) electrons. The van der Waals surface area contributed by atoms with Crippen LogP contribution in [0.3, 0.4) is 0 Å². The van der Waals surface area contributed by atoms with Crippen molar-refractivity contribution in [1.82, 2.24) is 5.32 Å². The molecule has 1 aromatic rings. The molecule has 1 saturated heterocycles. The van der Waals surface area contributed by atoms with Crippen LogP contribution in [-0.2, 0) is 4.74 Å². The Bertz CT molecular complexity index is 402. The molecule has 104 valence electrons. The average molecular weight is 278 g/mol. The van der Waals surface area contributed by atoms with Crippen LogP contribution in [0.15, 0.2) is 30.3 Å². The van der Waals surface area contributed by atoms with Crippen LogP contribution in [0, 0.1) is 0 Å². The van der Waals surface area contributed by atoms with Crippen molar-refractivity contribution in [1.29, 1.82) is 0 Å². The Morgan fingerprint density at radius 1 is 1.42 bits per heavy atom. The summed E-state index contributed by atoms with van der Waals surface area (Å²) in [6, 6.07) is 10.6. The molecule has 0 amide bonds. The molecule has 0 saturated carbocycles. The highest BCUT2D eigenvalue weighted by atomic mass is 32.1. The van der Waals surface area contributed by atoms with Gasteiger partial charge in [0.05, 0.1) is 6.10 Å². The first-order valence-electron chi connectivity index (χ1n) is 6.92. The van der Waals surface area contributed by atoms with Gasteiger partial charge in [0, 0.05) is 24.9 Å². The smallest absolute Gasteiger partial charge is 0.173 e. The summed E-state index contributed by atoms with van der Waals surface area (Å²) in [6.45, 7) is 5.97. The van der Waals surface area contributed by atoms with E-state index in [4.69, 9.17) is 17.0 Å². The maximum atomic E-state index is 5.61. The van der Waals surface area contributed by atoms with E-state index >= 15 is 0 Å². The van der Waals surface area contributed by atoms with Gasteiger partial charge in [-0.25, -0.2) is 0 Å². The Morgan fingerprint density at radius 2 is 2.16 bits per heavy atom. The topological polar surface area (TPSA) is 24.5 Å². The normalized spacial score (nSPS) is 18.6. The molecule has 19 heavy (non-hydrogen) atoms. The third kappa shape index (κ3) is 3.91. The van der Waals surface area contributed by atoms with E-state index in [1.165, 1.54) is 0 Å². The van der Waals surface area contributed by atoms with Crippen molar-refractivity contribution in [3.05, 3.63) is 30.3 Å². The van der Waals surface area contributed by atoms with Crippen molar-refractivity contribution in [3.63, 3.8) is 0 Å². The lowest BCUT2D eigenvalue weighted by atomic mass is 10.2. The molecule has 1 atom stereocenters. The summed E-state index contributed by atoms with van der Waals surface area (Å²) < 4.78 is 5.61. The first-order valence-corrected chi connectivity index (χ1v) is 7.33. The van der Waals surface area contributed by atoms with Gasteiger partial charge in [-0.05, 0) is 51.0 Å². The van der Waals surface area contributed by atoms with Crippen LogP contribution in [0.1, 0.15) is 26.7 Å². The predicted molar refractivity (Wildman–Crippen MR) is 83.6 cm³/mol. The fourth-order valence-electron chi connectivity index (χ4n) is 2.33. The Labute approximate surface area is 120 Å². The zero-order chi connectivity index (χ0) is 13.7. The molecule has 1 fully saturated rings. The summed E-state index contributed by atoms with van der Waals surface area (Å²) in [4.78, 5) is 2.14. The molecule has 0 bridgehead atoms. The SMILES string of the molecule is CC(C)N(C(=S)NCC1CCCO1)c1ccccc1. The van der Waals surface area contributed by atoms with E-state index in [0.717, 1.165) is 36.8 Å². The number of para-hydroxylation sites is 1. The van der Waals surface area contributed by atoms with Crippen molar-refractivity contribution in [2.45, 2.75) is 38.8 Å². The van der Waals surface area contributed by atoms with Gasteiger partial charge in [-0.15, -0.1) is 0 Å². The number of nitrogens with zero attached hydrogens (tertiary/aromatic N) is 1. The lowest BCUT2D eigenvalue weighted by Gasteiger charge is -2.30. The predicted octanol–water partition coefficient (Wildman–Crippen LogP) is 2.95. The summed E-state index contributed by atoms with van der Waals surface area (Å²) in [6.07, 6.45) is 2.59.